The number of amides is 1. The van der Waals surface area contributed by atoms with Crippen molar-refractivity contribution < 1.29 is 18.3 Å². The highest BCUT2D eigenvalue weighted by Gasteiger charge is 2.14. The van der Waals surface area contributed by atoms with Crippen LogP contribution in [-0.4, -0.2) is 28.7 Å². The number of benzene rings is 1. The number of hydrogen-bond donors (Lipinski definition) is 1. The zero-order valence-electron chi connectivity index (χ0n) is 13.2. The Morgan fingerprint density at radius 1 is 1.29 bits per heavy atom. The number of carbonyl (C=O) groups is 1. The number of thioether (sulfide) groups is 1. The van der Waals surface area contributed by atoms with E-state index in [0.717, 1.165) is 0 Å². The highest BCUT2D eigenvalue weighted by molar-refractivity contribution is 7.98. The van der Waals surface area contributed by atoms with Crippen molar-refractivity contribution in [1.29, 1.82) is 0 Å². The second-order valence-electron chi connectivity index (χ2n) is 3.91. The van der Waals surface area contributed by atoms with Gasteiger partial charge < -0.3 is 10.1 Å². The molecule has 0 spiro atoms. The standard InChI is InChI=1S/C13H10ClF2N3O2S.C2H6/c1-22-13-17-6-9(14)10(19-13)11(20)18-7-2-4-8(5-3-7)21-12(15)16;1-2/h2-6,12H,1H3,(H,18,20);1-2H3. The van der Waals surface area contributed by atoms with Crippen molar-refractivity contribution >= 4 is 35.0 Å². The number of nitrogens with zero attached hydrogens (tertiary/aromatic N) is 2. The molecule has 0 bridgehead atoms. The molecule has 0 radical (unpaired) electrons. The first-order chi connectivity index (χ1) is 11.5. The molecule has 24 heavy (non-hydrogen) atoms. The van der Waals surface area contributed by atoms with Crippen molar-refractivity contribution in [2.45, 2.75) is 25.6 Å². The van der Waals surface area contributed by atoms with Crippen molar-refractivity contribution in [3.05, 3.63) is 41.2 Å². The van der Waals surface area contributed by atoms with Crippen molar-refractivity contribution in [3.8, 4) is 5.75 Å². The number of carbonyl (C=O) groups excluding carboxylic acids is 1. The molecule has 0 aliphatic carbocycles. The van der Waals surface area contributed by atoms with Crippen molar-refractivity contribution in [2.24, 2.45) is 0 Å². The summed E-state index contributed by atoms with van der Waals surface area (Å²) in [5.74, 6) is -0.525. The Morgan fingerprint density at radius 3 is 2.46 bits per heavy atom. The van der Waals surface area contributed by atoms with Gasteiger partial charge in [0.15, 0.2) is 10.9 Å². The summed E-state index contributed by atoms with van der Waals surface area (Å²) < 4.78 is 28.3. The van der Waals surface area contributed by atoms with Crippen LogP contribution in [0.25, 0.3) is 0 Å². The van der Waals surface area contributed by atoms with Gasteiger partial charge in [-0.3, -0.25) is 4.79 Å². The Balaban J connectivity index is 0.00000139. The predicted molar refractivity (Wildman–Crippen MR) is 91.2 cm³/mol. The highest BCUT2D eigenvalue weighted by Crippen LogP contribution is 2.20. The summed E-state index contributed by atoms with van der Waals surface area (Å²) in [6.45, 7) is 1.10. The second-order valence-corrected chi connectivity index (χ2v) is 5.09. The van der Waals surface area contributed by atoms with Gasteiger partial charge in [0, 0.05) is 5.69 Å². The molecule has 9 heteroatoms. The van der Waals surface area contributed by atoms with Crippen LogP contribution in [0.1, 0.15) is 24.3 Å². The molecule has 1 heterocycles. The van der Waals surface area contributed by atoms with Gasteiger partial charge in [0.05, 0.1) is 11.2 Å². The lowest BCUT2D eigenvalue weighted by atomic mass is 10.3. The predicted octanol–water partition coefficient (Wildman–Crippen LogP) is 4.73. The van der Waals surface area contributed by atoms with Gasteiger partial charge in [-0.05, 0) is 30.5 Å². The van der Waals surface area contributed by atoms with Crippen LogP contribution in [0.4, 0.5) is 14.5 Å². The lowest BCUT2D eigenvalue weighted by molar-refractivity contribution is -0.0498. The summed E-state index contributed by atoms with van der Waals surface area (Å²) in [4.78, 5) is 20.1. The fourth-order valence-electron chi connectivity index (χ4n) is 1.52. The van der Waals surface area contributed by atoms with E-state index in [-0.39, 0.29) is 16.5 Å². The van der Waals surface area contributed by atoms with Gasteiger partial charge in [-0.15, -0.1) is 0 Å². The maximum atomic E-state index is 12.1. The minimum atomic E-state index is -2.90. The number of halogens is 3. The molecule has 1 aromatic heterocycles. The van der Waals surface area contributed by atoms with Crippen LogP contribution < -0.4 is 10.1 Å². The maximum Gasteiger partial charge on any atom is 0.387 e. The van der Waals surface area contributed by atoms with Crippen molar-refractivity contribution in [2.75, 3.05) is 11.6 Å². The molecule has 0 aliphatic heterocycles. The van der Waals surface area contributed by atoms with E-state index in [1.54, 1.807) is 6.26 Å². The second kappa shape index (κ2) is 10.0. The van der Waals surface area contributed by atoms with Gasteiger partial charge in [-0.2, -0.15) is 8.78 Å². The summed E-state index contributed by atoms with van der Waals surface area (Å²) in [5, 5.41) is 3.10. The zero-order chi connectivity index (χ0) is 18.1. The summed E-state index contributed by atoms with van der Waals surface area (Å²) in [7, 11) is 0. The van der Waals surface area contributed by atoms with Crippen LogP contribution in [0.3, 0.4) is 0 Å². The Hall–Kier alpha value is -1.93. The molecular formula is C15H16ClF2N3O2S. The highest BCUT2D eigenvalue weighted by atomic mass is 35.5. The normalized spacial score (nSPS) is 9.96. The van der Waals surface area contributed by atoms with Crippen LogP contribution in [0.5, 0.6) is 5.75 Å². The summed E-state index contributed by atoms with van der Waals surface area (Å²) in [6, 6.07) is 5.49. The number of aromatic nitrogens is 2. The lowest BCUT2D eigenvalue weighted by Gasteiger charge is -2.08. The molecule has 1 aromatic carbocycles. The average Bonchev–Trinajstić information content (AvgIpc) is 2.58. The Labute approximate surface area is 147 Å². The average molecular weight is 376 g/mol. The summed E-state index contributed by atoms with van der Waals surface area (Å²) >= 11 is 7.17. The number of rotatable bonds is 5. The van der Waals surface area contributed by atoms with Gasteiger partial charge >= 0.3 is 6.61 Å². The first-order valence-electron chi connectivity index (χ1n) is 6.92. The van der Waals surface area contributed by atoms with Crippen LogP contribution in [0, 0.1) is 0 Å². The SMILES string of the molecule is CC.CSc1ncc(Cl)c(C(=O)Nc2ccc(OC(F)F)cc2)n1. The molecule has 130 valence electrons. The smallest absolute Gasteiger partial charge is 0.387 e. The third-order valence-electron chi connectivity index (χ3n) is 2.46. The topological polar surface area (TPSA) is 64.1 Å². The number of anilines is 1. The Morgan fingerprint density at radius 2 is 1.92 bits per heavy atom. The molecule has 0 aliphatic rings. The first-order valence-corrected chi connectivity index (χ1v) is 8.52. The van der Waals surface area contributed by atoms with Gasteiger partial charge in [-0.25, -0.2) is 9.97 Å². The fourth-order valence-corrected chi connectivity index (χ4v) is 2.04. The van der Waals surface area contributed by atoms with Crippen molar-refractivity contribution in [1.82, 2.24) is 9.97 Å². The van der Waals surface area contributed by atoms with Gasteiger partial charge in [-0.1, -0.05) is 37.2 Å². The summed E-state index contributed by atoms with van der Waals surface area (Å²) in [5.41, 5.74) is 0.431. The van der Waals surface area contributed by atoms with E-state index in [9.17, 15) is 13.6 Å². The molecular weight excluding hydrogens is 360 g/mol. The first kappa shape index (κ1) is 20.1. The van der Waals surface area contributed by atoms with Crippen LogP contribution in [0.2, 0.25) is 5.02 Å². The van der Waals surface area contributed by atoms with Gasteiger partial charge in [0.1, 0.15) is 5.75 Å². The number of nitrogens with one attached hydrogen (secondary N) is 1. The molecule has 0 saturated heterocycles. The van der Waals surface area contributed by atoms with E-state index in [1.165, 1.54) is 42.2 Å². The fraction of sp³-hybridized carbons (Fsp3) is 0.267. The molecule has 0 atom stereocenters. The molecule has 1 N–H and O–H groups in total. The van der Waals surface area contributed by atoms with E-state index in [0.29, 0.717) is 10.8 Å². The van der Waals surface area contributed by atoms with E-state index in [4.69, 9.17) is 11.6 Å². The molecule has 0 saturated carbocycles. The molecule has 5 nitrogen and oxygen atoms in total. The van der Waals surface area contributed by atoms with Crippen molar-refractivity contribution in [3.63, 3.8) is 0 Å². The minimum absolute atomic E-state index is 0.00210. The Bertz CT molecular complexity index is 672. The largest absolute Gasteiger partial charge is 0.435 e. The third kappa shape index (κ3) is 5.93. The van der Waals surface area contributed by atoms with Crippen LogP contribution in [0.15, 0.2) is 35.6 Å². The van der Waals surface area contributed by atoms with E-state index < -0.39 is 12.5 Å². The van der Waals surface area contributed by atoms with E-state index >= 15 is 0 Å². The quantitative estimate of drug-likeness (QED) is 0.604. The minimum Gasteiger partial charge on any atom is -0.435 e. The molecule has 2 aromatic rings. The molecule has 2 rings (SSSR count). The number of ether oxygens (including phenoxy) is 1. The lowest BCUT2D eigenvalue weighted by Crippen LogP contribution is -2.15. The van der Waals surface area contributed by atoms with Crippen LogP contribution >= 0.6 is 23.4 Å². The molecule has 1 amide bonds. The molecule has 0 unspecified atom stereocenters. The van der Waals surface area contributed by atoms with Gasteiger partial charge in [0.2, 0.25) is 0 Å². The number of alkyl halides is 2. The monoisotopic (exact) mass is 375 g/mol. The summed E-state index contributed by atoms with van der Waals surface area (Å²) in [6.07, 6.45) is 3.11. The number of hydrogen-bond acceptors (Lipinski definition) is 5. The third-order valence-corrected chi connectivity index (χ3v) is 3.30. The maximum absolute atomic E-state index is 12.1. The zero-order valence-corrected chi connectivity index (χ0v) is 14.8. The Kier molecular flexibility index (Phi) is 8.42. The molecule has 0 fully saturated rings. The van der Waals surface area contributed by atoms with Crippen LogP contribution in [-0.2, 0) is 0 Å². The van der Waals surface area contributed by atoms with E-state index in [2.05, 4.69) is 20.0 Å². The van der Waals surface area contributed by atoms with Gasteiger partial charge in [0.25, 0.3) is 5.91 Å². The van der Waals surface area contributed by atoms with E-state index in [1.807, 2.05) is 13.8 Å².